The molecule has 1 unspecified atom stereocenters. The van der Waals surface area contributed by atoms with Gasteiger partial charge in [0, 0.05) is 0 Å². The van der Waals surface area contributed by atoms with Gasteiger partial charge in [0.25, 0.3) is 0 Å². The number of halogens is 1. The molecule has 0 bridgehead atoms. The van der Waals surface area contributed by atoms with E-state index in [-0.39, 0.29) is 5.38 Å². The van der Waals surface area contributed by atoms with E-state index in [0.717, 1.165) is 29.2 Å². The molecule has 0 aliphatic heterocycles. The lowest BCUT2D eigenvalue weighted by molar-refractivity contribution is 0.298. The lowest BCUT2D eigenvalue weighted by Gasteiger charge is -2.11. The number of fused-ring (bicyclic) bond motifs is 1. The summed E-state index contributed by atoms with van der Waals surface area (Å²) >= 11 is 6.25. The van der Waals surface area contributed by atoms with E-state index >= 15 is 0 Å². The zero-order valence-corrected chi connectivity index (χ0v) is 12.6. The Morgan fingerprint density at radius 1 is 1.10 bits per heavy atom. The molecule has 3 nitrogen and oxygen atoms in total. The van der Waals surface area contributed by atoms with E-state index in [9.17, 15) is 0 Å². The van der Waals surface area contributed by atoms with E-state index in [1.54, 1.807) is 0 Å². The second-order valence-corrected chi connectivity index (χ2v) is 5.54. The van der Waals surface area contributed by atoms with Gasteiger partial charge in [0.15, 0.2) is 0 Å². The number of imidazole rings is 1. The minimum Gasteiger partial charge on any atom is -0.492 e. The van der Waals surface area contributed by atoms with Gasteiger partial charge in [-0.15, -0.1) is 11.6 Å². The molecule has 21 heavy (non-hydrogen) atoms. The summed E-state index contributed by atoms with van der Waals surface area (Å²) in [5, 5.41) is -0.130. The SMILES string of the molecule is CC(Cl)c1nc2ccccc2n1CCOc1ccccc1. The lowest BCUT2D eigenvalue weighted by Crippen LogP contribution is -2.11. The molecule has 1 heterocycles. The van der Waals surface area contributed by atoms with Crippen molar-refractivity contribution in [3.63, 3.8) is 0 Å². The van der Waals surface area contributed by atoms with Crippen molar-refractivity contribution in [1.29, 1.82) is 0 Å². The number of para-hydroxylation sites is 3. The van der Waals surface area contributed by atoms with E-state index in [2.05, 4.69) is 15.6 Å². The highest BCUT2D eigenvalue weighted by Gasteiger charge is 2.14. The van der Waals surface area contributed by atoms with Crippen molar-refractivity contribution in [2.24, 2.45) is 0 Å². The van der Waals surface area contributed by atoms with Gasteiger partial charge in [-0.05, 0) is 31.2 Å². The Kier molecular flexibility index (Phi) is 4.11. The van der Waals surface area contributed by atoms with Gasteiger partial charge in [-0.25, -0.2) is 4.98 Å². The zero-order chi connectivity index (χ0) is 14.7. The molecule has 3 rings (SSSR count). The fourth-order valence-electron chi connectivity index (χ4n) is 2.40. The Bertz CT molecular complexity index is 722. The standard InChI is InChI=1S/C17H17ClN2O/c1-13(18)17-19-15-9-5-6-10-16(15)20(17)11-12-21-14-7-3-2-4-8-14/h2-10,13H,11-12H2,1H3. The predicted molar refractivity (Wildman–Crippen MR) is 85.9 cm³/mol. The summed E-state index contributed by atoms with van der Waals surface area (Å²) in [6.45, 7) is 3.25. The summed E-state index contributed by atoms with van der Waals surface area (Å²) in [4.78, 5) is 4.61. The fourth-order valence-corrected chi connectivity index (χ4v) is 2.57. The molecule has 2 aromatic carbocycles. The highest BCUT2D eigenvalue weighted by Crippen LogP contribution is 2.24. The molecule has 1 atom stereocenters. The third kappa shape index (κ3) is 3.03. The number of nitrogens with zero attached hydrogens (tertiary/aromatic N) is 2. The topological polar surface area (TPSA) is 27.1 Å². The molecule has 0 spiro atoms. The van der Waals surface area contributed by atoms with Gasteiger partial charge in [-0.1, -0.05) is 30.3 Å². The van der Waals surface area contributed by atoms with Crippen LogP contribution in [0.25, 0.3) is 11.0 Å². The average Bonchev–Trinajstić information content (AvgIpc) is 2.88. The number of hydrogen-bond acceptors (Lipinski definition) is 2. The number of aromatic nitrogens is 2. The number of benzene rings is 2. The summed E-state index contributed by atoms with van der Waals surface area (Å²) in [6, 6.07) is 17.9. The number of ether oxygens (including phenoxy) is 1. The van der Waals surface area contributed by atoms with Gasteiger partial charge in [0.2, 0.25) is 0 Å². The van der Waals surface area contributed by atoms with Crippen molar-refractivity contribution in [2.45, 2.75) is 18.8 Å². The first-order valence-electron chi connectivity index (χ1n) is 7.03. The van der Waals surface area contributed by atoms with Gasteiger partial charge in [0.05, 0.1) is 23.0 Å². The average molecular weight is 301 g/mol. The molecule has 108 valence electrons. The molecule has 0 amide bonds. The Labute approximate surface area is 129 Å². The molecule has 3 aromatic rings. The van der Waals surface area contributed by atoms with Gasteiger partial charge in [0.1, 0.15) is 18.2 Å². The number of rotatable bonds is 5. The van der Waals surface area contributed by atoms with Crippen molar-refractivity contribution in [3.8, 4) is 5.75 Å². The first kappa shape index (κ1) is 14.0. The van der Waals surface area contributed by atoms with Crippen LogP contribution in [0.2, 0.25) is 0 Å². The molecule has 0 saturated carbocycles. The number of alkyl halides is 1. The van der Waals surface area contributed by atoms with Crippen LogP contribution in [0.1, 0.15) is 18.1 Å². The Hall–Kier alpha value is -2.00. The maximum atomic E-state index is 6.25. The highest BCUT2D eigenvalue weighted by molar-refractivity contribution is 6.20. The molecule has 0 aliphatic rings. The molecule has 0 aliphatic carbocycles. The number of hydrogen-bond donors (Lipinski definition) is 0. The molecule has 0 radical (unpaired) electrons. The first-order chi connectivity index (χ1) is 10.3. The highest BCUT2D eigenvalue weighted by atomic mass is 35.5. The zero-order valence-electron chi connectivity index (χ0n) is 11.9. The van der Waals surface area contributed by atoms with Gasteiger partial charge in [-0.2, -0.15) is 0 Å². The largest absolute Gasteiger partial charge is 0.492 e. The lowest BCUT2D eigenvalue weighted by atomic mass is 10.3. The van der Waals surface area contributed by atoms with E-state index in [1.807, 2.05) is 55.5 Å². The maximum absolute atomic E-state index is 6.25. The van der Waals surface area contributed by atoms with Gasteiger partial charge < -0.3 is 9.30 Å². The van der Waals surface area contributed by atoms with Gasteiger partial charge in [-0.3, -0.25) is 0 Å². The van der Waals surface area contributed by atoms with Crippen LogP contribution in [0.5, 0.6) is 5.75 Å². The monoisotopic (exact) mass is 300 g/mol. The third-order valence-electron chi connectivity index (χ3n) is 3.37. The van der Waals surface area contributed by atoms with E-state index < -0.39 is 0 Å². The van der Waals surface area contributed by atoms with Crippen molar-refractivity contribution in [2.75, 3.05) is 6.61 Å². The van der Waals surface area contributed by atoms with Crippen LogP contribution in [0, 0.1) is 0 Å². The van der Waals surface area contributed by atoms with Crippen LogP contribution < -0.4 is 4.74 Å². The van der Waals surface area contributed by atoms with E-state index in [1.165, 1.54) is 0 Å². The minimum atomic E-state index is -0.130. The molecule has 4 heteroatoms. The Balaban J connectivity index is 1.81. The predicted octanol–water partition coefficient (Wildman–Crippen LogP) is 4.42. The van der Waals surface area contributed by atoms with Crippen molar-refractivity contribution in [3.05, 3.63) is 60.4 Å². The summed E-state index contributed by atoms with van der Waals surface area (Å²) in [5.74, 6) is 1.76. The van der Waals surface area contributed by atoms with Crippen molar-refractivity contribution in [1.82, 2.24) is 9.55 Å². The summed E-state index contributed by atoms with van der Waals surface area (Å²) in [6.07, 6.45) is 0. The molecular formula is C17H17ClN2O. The smallest absolute Gasteiger partial charge is 0.127 e. The normalized spacial score (nSPS) is 12.5. The second kappa shape index (κ2) is 6.19. The Morgan fingerprint density at radius 3 is 2.57 bits per heavy atom. The second-order valence-electron chi connectivity index (χ2n) is 4.89. The molecule has 0 N–H and O–H groups in total. The van der Waals surface area contributed by atoms with Crippen LogP contribution in [0.3, 0.4) is 0 Å². The van der Waals surface area contributed by atoms with Crippen LogP contribution in [-0.4, -0.2) is 16.2 Å². The minimum absolute atomic E-state index is 0.130. The Morgan fingerprint density at radius 2 is 1.81 bits per heavy atom. The van der Waals surface area contributed by atoms with Crippen LogP contribution >= 0.6 is 11.6 Å². The molecule has 1 aromatic heterocycles. The quantitative estimate of drug-likeness (QED) is 0.652. The fraction of sp³-hybridized carbons (Fsp3) is 0.235. The van der Waals surface area contributed by atoms with Crippen LogP contribution in [0.4, 0.5) is 0 Å². The van der Waals surface area contributed by atoms with Crippen molar-refractivity contribution < 1.29 is 4.74 Å². The van der Waals surface area contributed by atoms with E-state index in [0.29, 0.717) is 6.61 Å². The molecule has 0 saturated heterocycles. The third-order valence-corrected chi connectivity index (χ3v) is 3.56. The van der Waals surface area contributed by atoms with Crippen LogP contribution in [-0.2, 0) is 6.54 Å². The molecule has 0 fully saturated rings. The van der Waals surface area contributed by atoms with E-state index in [4.69, 9.17) is 16.3 Å². The van der Waals surface area contributed by atoms with Crippen molar-refractivity contribution >= 4 is 22.6 Å². The maximum Gasteiger partial charge on any atom is 0.127 e. The summed E-state index contributed by atoms with van der Waals surface area (Å²) in [7, 11) is 0. The molecular weight excluding hydrogens is 284 g/mol. The summed E-state index contributed by atoms with van der Waals surface area (Å²) in [5.41, 5.74) is 2.07. The summed E-state index contributed by atoms with van der Waals surface area (Å²) < 4.78 is 7.91. The van der Waals surface area contributed by atoms with Crippen LogP contribution in [0.15, 0.2) is 54.6 Å². The van der Waals surface area contributed by atoms with Gasteiger partial charge >= 0.3 is 0 Å². The first-order valence-corrected chi connectivity index (χ1v) is 7.46.